The van der Waals surface area contributed by atoms with Crippen molar-refractivity contribution in [3.8, 4) is 11.5 Å². The second-order valence-electron chi connectivity index (χ2n) is 5.58. The molecule has 9 heteroatoms. The van der Waals surface area contributed by atoms with Crippen LogP contribution in [0, 0.1) is 0 Å². The van der Waals surface area contributed by atoms with Gasteiger partial charge in [-0.1, -0.05) is 0 Å². The highest BCUT2D eigenvalue weighted by Gasteiger charge is 2.44. The van der Waals surface area contributed by atoms with E-state index in [0.717, 1.165) is 0 Å². The lowest BCUT2D eigenvalue weighted by Gasteiger charge is -2.18. The molecular formula is C16H17F3N2O4. The van der Waals surface area contributed by atoms with Gasteiger partial charge in [-0.15, -0.1) is 0 Å². The topological polar surface area (TPSA) is 67.9 Å². The number of Topliss-reactive ketones (excluding diaryl/α,β-unsaturated/α-hetero) is 1. The Morgan fingerprint density at radius 3 is 2.24 bits per heavy atom. The Kier molecular flexibility index (Phi) is 4.96. The number of ether oxygens (including phenoxy) is 2. The van der Waals surface area contributed by atoms with Crippen LogP contribution in [0.3, 0.4) is 0 Å². The fourth-order valence-electron chi connectivity index (χ4n) is 2.56. The number of nitrogens with zero attached hydrogens (tertiary/aromatic N) is 1. The average Bonchev–Trinajstić information content (AvgIpc) is 2.77. The molecule has 1 amide bonds. The van der Waals surface area contributed by atoms with Crippen LogP contribution in [0.4, 0.5) is 13.2 Å². The molecule has 25 heavy (non-hydrogen) atoms. The molecule has 2 rings (SSSR count). The quantitative estimate of drug-likeness (QED) is 0.835. The molecule has 6 nitrogen and oxygen atoms in total. The summed E-state index contributed by atoms with van der Waals surface area (Å²) >= 11 is 0. The normalized spacial score (nSPS) is 18.1. The first-order valence-electron chi connectivity index (χ1n) is 7.16. The lowest BCUT2D eigenvalue weighted by Crippen LogP contribution is -2.39. The first-order valence-corrected chi connectivity index (χ1v) is 7.16. The van der Waals surface area contributed by atoms with Gasteiger partial charge in [0.25, 0.3) is 0 Å². The summed E-state index contributed by atoms with van der Waals surface area (Å²) in [6.07, 6.45) is -3.69. The Morgan fingerprint density at radius 2 is 1.76 bits per heavy atom. The van der Waals surface area contributed by atoms with Gasteiger partial charge in [-0.25, -0.2) is 0 Å². The van der Waals surface area contributed by atoms with Gasteiger partial charge >= 0.3 is 12.1 Å². The Balaban J connectivity index is 2.59. The van der Waals surface area contributed by atoms with E-state index in [4.69, 9.17) is 9.47 Å². The maximum atomic E-state index is 12.7. The van der Waals surface area contributed by atoms with E-state index in [1.807, 2.05) is 5.32 Å². The molecule has 0 radical (unpaired) electrons. The van der Waals surface area contributed by atoms with Crippen molar-refractivity contribution in [2.24, 2.45) is 0 Å². The number of rotatable bonds is 4. The highest BCUT2D eigenvalue weighted by atomic mass is 19.4. The molecule has 1 aliphatic carbocycles. The molecule has 1 aliphatic rings. The summed E-state index contributed by atoms with van der Waals surface area (Å²) in [5.41, 5.74) is 0.388. The summed E-state index contributed by atoms with van der Waals surface area (Å²) in [6.45, 7) is 0. The zero-order chi connectivity index (χ0) is 18.9. The number of carbonyl (C=O) groups excluding carboxylic acids is 2. The maximum absolute atomic E-state index is 12.7. The molecule has 0 saturated carbocycles. The van der Waals surface area contributed by atoms with Gasteiger partial charge in [0.2, 0.25) is 0 Å². The predicted molar refractivity (Wildman–Crippen MR) is 82.6 cm³/mol. The standard InChI is InChI=1S/C16H17F3N2O4/c1-21(2)7-10-13(20-15(23)16(17,18)19)8-5-11(24-3)12(25-4)6-9(8)14(10)22/h5-7,13H,1-4H3,(H,20,23)/b10-7+/t13-/m0/s1. The molecule has 136 valence electrons. The van der Waals surface area contributed by atoms with Crippen LogP contribution in [0.1, 0.15) is 22.0 Å². The van der Waals surface area contributed by atoms with Gasteiger partial charge in [-0.3, -0.25) is 9.59 Å². The van der Waals surface area contributed by atoms with Crippen molar-refractivity contribution in [1.82, 2.24) is 10.2 Å². The Hall–Kier alpha value is -2.71. The third-order valence-electron chi connectivity index (χ3n) is 3.61. The molecule has 1 atom stereocenters. The number of halogens is 3. The van der Waals surface area contributed by atoms with Gasteiger partial charge in [-0.05, 0) is 17.7 Å². The number of hydrogen-bond donors (Lipinski definition) is 1. The van der Waals surface area contributed by atoms with Gasteiger partial charge in [0.1, 0.15) is 0 Å². The molecule has 0 aliphatic heterocycles. The van der Waals surface area contributed by atoms with E-state index in [1.54, 1.807) is 14.1 Å². The minimum atomic E-state index is -5.06. The zero-order valence-corrected chi connectivity index (χ0v) is 14.0. The van der Waals surface area contributed by atoms with Gasteiger partial charge < -0.3 is 19.7 Å². The molecule has 0 unspecified atom stereocenters. The number of alkyl halides is 3. The molecule has 1 aromatic carbocycles. The Morgan fingerprint density at radius 1 is 1.20 bits per heavy atom. The minimum Gasteiger partial charge on any atom is -0.493 e. The Bertz CT molecular complexity index is 742. The van der Waals surface area contributed by atoms with Crippen molar-refractivity contribution >= 4 is 11.7 Å². The van der Waals surface area contributed by atoms with E-state index in [1.165, 1.54) is 37.5 Å². The minimum absolute atomic E-state index is 0.0212. The van der Waals surface area contributed by atoms with E-state index in [2.05, 4.69) is 0 Å². The van der Waals surface area contributed by atoms with E-state index in [0.29, 0.717) is 0 Å². The first-order chi connectivity index (χ1) is 11.6. The molecule has 0 bridgehead atoms. The summed E-state index contributed by atoms with van der Waals surface area (Å²) in [5, 5.41) is 1.87. The third-order valence-corrected chi connectivity index (χ3v) is 3.61. The number of carbonyl (C=O) groups is 2. The molecule has 1 aromatic rings. The van der Waals surface area contributed by atoms with Crippen LogP contribution in [0.2, 0.25) is 0 Å². The SMILES string of the molecule is COc1cc2c(cc1OC)[C@H](NC(=O)C(F)(F)F)/C(=C\N(C)C)C2=O. The van der Waals surface area contributed by atoms with Crippen LogP contribution in [0.5, 0.6) is 11.5 Å². The predicted octanol–water partition coefficient (Wildman–Crippen LogP) is 2.07. The maximum Gasteiger partial charge on any atom is 0.471 e. The lowest BCUT2D eigenvalue weighted by molar-refractivity contribution is -0.174. The molecule has 0 aromatic heterocycles. The fraction of sp³-hybridized carbons (Fsp3) is 0.375. The van der Waals surface area contributed by atoms with Crippen LogP contribution < -0.4 is 14.8 Å². The number of hydrogen-bond acceptors (Lipinski definition) is 5. The summed E-state index contributed by atoms with van der Waals surface area (Å²) in [5.74, 6) is -2.11. The molecular weight excluding hydrogens is 341 g/mol. The van der Waals surface area contributed by atoms with E-state index in [9.17, 15) is 22.8 Å². The number of benzene rings is 1. The van der Waals surface area contributed by atoms with Gasteiger partial charge in [0.05, 0.1) is 20.3 Å². The summed E-state index contributed by atoms with van der Waals surface area (Å²) < 4.78 is 48.2. The molecule has 1 N–H and O–H groups in total. The van der Waals surface area contributed by atoms with E-state index >= 15 is 0 Å². The van der Waals surface area contributed by atoms with Gasteiger partial charge in [-0.2, -0.15) is 13.2 Å². The van der Waals surface area contributed by atoms with Crippen molar-refractivity contribution in [3.05, 3.63) is 35.0 Å². The van der Waals surface area contributed by atoms with Gasteiger partial charge in [0.15, 0.2) is 17.3 Å². The number of methoxy groups -OCH3 is 2. The summed E-state index contributed by atoms with van der Waals surface area (Å²) in [7, 11) is 5.98. The molecule has 0 spiro atoms. The van der Waals surface area contributed by atoms with Crippen molar-refractivity contribution in [1.29, 1.82) is 0 Å². The lowest BCUT2D eigenvalue weighted by atomic mass is 10.1. The fourth-order valence-corrected chi connectivity index (χ4v) is 2.56. The monoisotopic (exact) mass is 358 g/mol. The molecule has 0 heterocycles. The number of nitrogens with one attached hydrogen (secondary N) is 1. The largest absolute Gasteiger partial charge is 0.493 e. The Labute approximate surface area is 142 Å². The smallest absolute Gasteiger partial charge is 0.471 e. The van der Waals surface area contributed by atoms with Crippen molar-refractivity contribution in [2.75, 3.05) is 28.3 Å². The van der Waals surface area contributed by atoms with Crippen LogP contribution in [0.15, 0.2) is 23.9 Å². The number of ketones is 1. The molecule has 0 fully saturated rings. The van der Waals surface area contributed by atoms with Crippen LogP contribution in [-0.2, 0) is 4.79 Å². The zero-order valence-electron chi connectivity index (χ0n) is 14.0. The molecule has 0 saturated heterocycles. The first kappa shape index (κ1) is 18.6. The van der Waals surface area contributed by atoms with Crippen LogP contribution in [0.25, 0.3) is 0 Å². The highest BCUT2D eigenvalue weighted by molar-refractivity contribution is 6.15. The second kappa shape index (κ2) is 6.66. The third kappa shape index (κ3) is 3.54. The summed E-state index contributed by atoms with van der Waals surface area (Å²) in [6, 6.07) is 1.54. The van der Waals surface area contributed by atoms with Crippen molar-refractivity contribution < 1.29 is 32.2 Å². The number of amides is 1. The van der Waals surface area contributed by atoms with Gasteiger partial charge in [0, 0.05) is 31.4 Å². The van der Waals surface area contributed by atoms with E-state index in [-0.39, 0.29) is 28.2 Å². The van der Waals surface area contributed by atoms with Crippen molar-refractivity contribution in [2.45, 2.75) is 12.2 Å². The van der Waals surface area contributed by atoms with Crippen molar-refractivity contribution in [3.63, 3.8) is 0 Å². The van der Waals surface area contributed by atoms with Crippen LogP contribution >= 0.6 is 0 Å². The summed E-state index contributed by atoms with van der Waals surface area (Å²) in [4.78, 5) is 25.5. The van der Waals surface area contributed by atoms with Crippen LogP contribution in [-0.4, -0.2) is 51.1 Å². The average molecular weight is 358 g/mol. The van der Waals surface area contributed by atoms with E-state index < -0.39 is 23.9 Å². The second-order valence-corrected chi connectivity index (χ2v) is 5.58. The number of fused-ring (bicyclic) bond motifs is 1. The highest BCUT2D eigenvalue weighted by Crippen LogP contribution is 2.42.